The van der Waals surface area contributed by atoms with Crippen LogP contribution in [-0.2, 0) is 5.41 Å². The van der Waals surface area contributed by atoms with E-state index in [-0.39, 0.29) is 5.92 Å². The van der Waals surface area contributed by atoms with Crippen molar-refractivity contribution in [3.8, 4) is 33.6 Å². The predicted molar refractivity (Wildman–Crippen MR) is 265 cm³/mol. The molecule has 298 valence electrons. The lowest BCUT2D eigenvalue weighted by molar-refractivity contribution is 0.456. The maximum Gasteiger partial charge on any atom is 0.0549 e. The van der Waals surface area contributed by atoms with E-state index in [0.717, 1.165) is 19.3 Å². The van der Waals surface area contributed by atoms with Gasteiger partial charge in [-0.3, -0.25) is 0 Å². The lowest BCUT2D eigenvalue weighted by Gasteiger charge is -2.41. The molecule has 2 aromatic heterocycles. The zero-order valence-corrected chi connectivity index (χ0v) is 35.0. The molecule has 2 heterocycles. The SMILES string of the molecule is C1=CCCC(c2ccc3c(c2)c2cc(-c4ccc5c6ccccc6n(-c6ccccc6C6(C7C=CC=CC7)c7ccccc7-c7ccccc76)c5c4)ccc2n3-c2ccccc2)=C1. The second-order valence-electron chi connectivity index (χ2n) is 17.4. The van der Waals surface area contributed by atoms with Gasteiger partial charge in [0.15, 0.2) is 0 Å². The van der Waals surface area contributed by atoms with Gasteiger partial charge in [-0.1, -0.05) is 170 Å². The summed E-state index contributed by atoms with van der Waals surface area (Å²) in [5, 5.41) is 5.06. The van der Waals surface area contributed by atoms with E-state index in [1.54, 1.807) is 0 Å². The largest absolute Gasteiger partial charge is 0.309 e. The van der Waals surface area contributed by atoms with Crippen LogP contribution in [0.25, 0.3) is 82.8 Å². The van der Waals surface area contributed by atoms with Gasteiger partial charge < -0.3 is 9.13 Å². The molecule has 0 amide bonds. The monoisotopic (exact) mass is 804 g/mol. The fourth-order valence-corrected chi connectivity index (χ4v) is 11.6. The highest BCUT2D eigenvalue weighted by Crippen LogP contribution is 2.59. The number of benzene rings is 8. The van der Waals surface area contributed by atoms with Crippen LogP contribution in [0.4, 0.5) is 0 Å². The molecule has 0 saturated carbocycles. The van der Waals surface area contributed by atoms with Gasteiger partial charge in [0.25, 0.3) is 0 Å². The number of fused-ring (bicyclic) bond motifs is 9. The summed E-state index contributed by atoms with van der Waals surface area (Å²) in [7, 11) is 0. The first kappa shape index (κ1) is 36.0. The number of hydrogen-bond donors (Lipinski definition) is 0. The smallest absolute Gasteiger partial charge is 0.0549 e. The molecule has 0 bridgehead atoms. The Balaban J connectivity index is 1.05. The summed E-state index contributed by atoms with van der Waals surface area (Å²) < 4.78 is 4.99. The molecule has 0 radical (unpaired) electrons. The van der Waals surface area contributed by atoms with E-state index in [1.807, 2.05) is 0 Å². The fraction of sp³-hybridized carbons (Fsp3) is 0.0820. The summed E-state index contributed by atoms with van der Waals surface area (Å²) in [6.45, 7) is 0. The minimum absolute atomic E-state index is 0.230. The molecule has 0 saturated heterocycles. The van der Waals surface area contributed by atoms with E-state index in [0.29, 0.717) is 0 Å². The molecule has 1 atom stereocenters. The summed E-state index contributed by atoms with van der Waals surface area (Å²) in [6.07, 6.45) is 19.1. The zero-order chi connectivity index (χ0) is 41.5. The molecule has 0 N–H and O–H groups in total. The topological polar surface area (TPSA) is 9.86 Å². The zero-order valence-electron chi connectivity index (χ0n) is 35.0. The molecule has 63 heavy (non-hydrogen) atoms. The molecule has 10 aromatic rings. The fourth-order valence-electron chi connectivity index (χ4n) is 11.6. The second kappa shape index (κ2) is 14.2. The molecule has 3 aliphatic carbocycles. The van der Waals surface area contributed by atoms with Crippen LogP contribution in [0.2, 0.25) is 0 Å². The Morgan fingerprint density at radius 3 is 1.79 bits per heavy atom. The lowest BCUT2D eigenvalue weighted by atomic mass is 9.62. The van der Waals surface area contributed by atoms with Crippen molar-refractivity contribution >= 4 is 49.2 Å². The number of allylic oxidation sites excluding steroid dienone is 8. The van der Waals surface area contributed by atoms with Crippen molar-refractivity contribution in [1.82, 2.24) is 9.13 Å². The highest BCUT2D eigenvalue weighted by atomic mass is 15.0. The molecule has 1 unspecified atom stereocenters. The molecule has 13 rings (SSSR count). The Morgan fingerprint density at radius 1 is 0.429 bits per heavy atom. The number of para-hydroxylation sites is 3. The van der Waals surface area contributed by atoms with E-state index in [9.17, 15) is 0 Å². The molecule has 2 heteroatoms. The summed E-state index contributed by atoms with van der Waals surface area (Å²) in [4.78, 5) is 0. The van der Waals surface area contributed by atoms with Crippen molar-refractivity contribution in [2.45, 2.75) is 24.7 Å². The van der Waals surface area contributed by atoms with Gasteiger partial charge in [-0.15, -0.1) is 0 Å². The number of rotatable bonds is 6. The van der Waals surface area contributed by atoms with Crippen LogP contribution in [0.1, 0.15) is 41.5 Å². The van der Waals surface area contributed by atoms with Crippen LogP contribution < -0.4 is 0 Å². The van der Waals surface area contributed by atoms with Crippen LogP contribution in [0.5, 0.6) is 0 Å². The third-order valence-electron chi connectivity index (χ3n) is 14.3. The van der Waals surface area contributed by atoms with E-state index >= 15 is 0 Å². The summed E-state index contributed by atoms with van der Waals surface area (Å²) in [5.74, 6) is 0.230. The number of aromatic nitrogens is 2. The Morgan fingerprint density at radius 2 is 1.05 bits per heavy atom. The van der Waals surface area contributed by atoms with E-state index in [4.69, 9.17) is 0 Å². The van der Waals surface area contributed by atoms with Crippen LogP contribution in [0.3, 0.4) is 0 Å². The van der Waals surface area contributed by atoms with E-state index in [2.05, 4.69) is 234 Å². The van der Waals surface area contributed by atoms with Crippen molar-refractivity contribution in [2.24, 2.45) is 5.92 Å². The van der Waals surface area contributed by atoms with Crippen LogP contribution >= 0.6 is 0 Å². The maximum absolute atomic E-state index is 2.57. The summed E-state index contributed by atoms with van der Waals surface area (Å²) >= 11 is 0. The van der Waals surface area contributed by atoms with Crippen molar-refractivity contribution in [3.63, 3.8) is 0 Å². The number of hydrogen-bond acceptors (Lipinski definition) is 0. The first-order valence-corrected chi connectivity index (χ1v) is 22.4. The minimum atomic E-state index is -0.402. The van der Waals surface area contributed by atoms with E-state index in [1.165, 1.54) is 105 Å². The van der Waals surface area contributed by atoms with Crippen LogP contribution in [-0.4, -0.2) is 9.13 Å². The Hall–Kier alpha value is -7.68. The first-order chi connectivity index (χ1) is 31.3. The minimum Gasteiger partial charge on any atom is -0.309 e. The first-order valence-electron chi connectivity index (χ1n) is 22.4. The van der Waals surface area contributed by atoms with Gasteiger partial charge in [0, 0.05) is 27.2 Å². The molecule has 0 spiro atoms. The standard InChI is InChI=1S/C61H44N2/c1-4-18-41(19-5-1)42-33-36-57-51(38-42)52-39-43(34-37-58(52)62(57)46-22-8-3-9-23-46)44-32-35-50-49-26-12-16-30-56(49)63(60(50)40-44)59-31-17-15-29-55(59)61(45-20-6-2-7-21-45)53-27-13-10-24-47(53)48-25-11-14-28-54(48)61/h1-4,6-18,20,22-40,45H,5,19,21H2. The van der Waals surface area contributed by atoms with Crippen molar-refractivity contribution in [1.29, 1.82) is 0 Å². The van der Waals surface area contributed by atoms with Crippen molar-refractivity contribution in [3.05, 3.63) is 247 Å². The van der Waals surface area contributed by atoms with Gasteiger partial charge in [-0.05, 0) is 130 Å². The molecule has 3 aliphatic rings. The second-order valence-corrected chi connectivity index (χ2v) is 17.4. The lowest BCUT2D eigenvalue weighted by Crippen LogP contribution is -2.36. The van der Waals surface area contributed by atoms with Crippen molar-refractivity contribution in [2.75, 3.05) is 0 Å². The van der Waals surface area contributed by atoms with E-state index < -0.39 is 5.41 Å². The van der Waals surface area contributed by atoms with Gasteiger partial charge in [0.05, 0.1) is 33.2 Å². The molecule has 0 aliphatic heterocycles. The predicted octanol–water partition coefficient (Wildman–Crippen LogP) is 15.7. The average Bonchev–Trinajstić information content (AvgIpc) is 3.98. The summed E-state index contributed by atoms with van der Waals surface area (Å²) in [5.41, 5.74) is 18.7. The van der Waals surface area contributed by atoms with Crippen LogP contribution in [0, 0.1) is 5.92 Å². The molecule has 0 fully saturated rings. The summed E-state index contributed by atoms with van der Waals surface area (Å²) in [6, 6.07) is 68.6. The average molecular weight is 805 g/mol. The van der Waals surface area contributed by atoms with Crippen molar-refractivity contribution < 1.29 is 0 Å². The molecular formula is C61H44N2. The maximum atomic E-state index is 2.57. The van der Waals surface area contributed by atoms with Gasteiger partial charge >= 0.3 is 0 Å². The third kappa shape index (κ3) is 5.31. The van der Waals surface area contributed by atoms with Crippen LogP contribution in [0.15, 0.2) is 225 Å². The molecular weight excluding hydrogens is 761 g/mol. The molecule has 8 aromatic carbocycles. The van der Waals surface area contributed by atoms with Gasteiger partial charge in [0.2, 0.25) is 0 Å². The van der Waals surface area contributed by atoms with Gasteiger partial charge in [-0.25, -0.2) is 0 Å². The van der Waals surface area contributed by atoms with Gasteiger partial charge in [-0.2, -0.15) is 0 Å². The van der Waals surface area contributed by atoms with Gasteiger partial charge in [0.1, 0.15) is 0 Å². The highest BCUT2D eigenvalue weighted by molar-refractivity contribution is 6.13. The highest BCUT2D eigenvalue weighted by Gasteiger charge is 2.50. The quantitative estimate of drug-likeness (QED) is 0.158. The normalized spacial score (nSPS) is 16.3. The molecule has 2 nitrogen and oxygen atoms in total. The Kier molecular flexibility index (Phi) is 8.11. The third-order valence-corrected chi connectivity index (χ3v) is 14.3. The Bertz CT molecular complexity index is 3560. The number of nitrogens with zero attached hydrogens (tertiary/aromatic N) is 2. The Labute approximate surface area is 367 Å².